The first-order valence-corrected chi connectivity index (χ1v) is 15.1. The van der Waals surface area contributed by atoms with Crippen molar-refractivity contribution in [2.45, 2.75) is 69.5 Å². The third kappa shape index (κ3) is 4.57. The van der Waals surface area contributed by atoms with Gasteiger partial charge in [0.15, 0.2) is 0 Å². The van der Waals surface area contributed by atoms with Gasteiger partial charge in [0.1, 0.15) is 11.8 Å². The highest BCUT2D eigenvalue weighted by Crippen LogP contribution is 2.69. The number of aryl methyl sites for hydroxylation is 2. The van der Waals surface area contributed by atoms with E-state index in [2.05, 4.69) is 17.6 Å². The zero-order valence-corrected chi connectivity index (χ0v) is 24.6. The molecule has 3 aliphatic heterocycles. The molecule has 0 radical (unpaired) electrons. The number of carbonyl (C=O) groups excluding carboxylic acids is 3. The minimum absolute atomic E-state index is 0.0431. The summed E-state index contributed by atoms with van der Waals surface area (Å²) in [6.45, 7) is 10.1. The van der Waals surface area contributed by atoms with E-state index < -0.39 is 28.7 Å². The predicted octanol–water partition coefficient (Wildman–Crippen LogP) is 4.39. The van der Waals surface area contributed by atoms with Crippen LogP contribution in [-0.2, 0) is 14.4 Å². The summed E-state index contributed by atoms with van der Waals surface area (Å²) in [7, 11) is 0. The average Bonchev–Trinajstić information content (AvgIpc) is 3.52. The second kappa shape index (κ2) is 11.1. The summed E-state index contributed by atoms with van der Waals surface area (Å²) in [6, 6.07) is 11.8. The number of fused-ring (bicyclic) bond motifs is 1. The van der Waals surface area contributed by atoms with Crippen LogP contribution in [-0.4, -0.2) is 63.0 Å². The summed E-state index contributed by atoms with van der Waals surface area (Å²) in [4.78, 5) is 43.9. The fraction of sp³-hybridized carbons (Fsp3) is 0.516. The van der Waals surface area contributed by atoms with E-state index in [1.54, 1.807) is 40.9 Å². The number of ether oxygens (including phenoxy) is 1. The molecule has 3 aliphatic rings. The van der Waals surface area contributed by atoms with Crippen LogP contribution in [0.3, 0.4) is 0 Å². The number of anilines is 2. The molecule has 8 nitrogen and oxygen atoms in total. The number of hydrogen-bond acceptors (Lipinski definition) is 6. The smallest absolute Gasteiger partial charge is 0.248 e. The van der Waals surface area contributed by atoms with E-state index in [4.69, 9.17) is 4.74 Å². The van der Waals surface area contributed by atoms with E-state index in [0.29, 0.717) is 24.4 Å². The van der Waals surface area contributed by atoms with Gasteiger partial charge < -0.3 is 25.4 Å². The fourth-order valence-corrected chi connectivity index (χ4v) is 9.37. The lowest BCUT2D eigenvalue weighted by molar-refractivity contribution is -0.141. The first-order valence-electron chi connectivity index (χ1n) is 14.2. The zero-order chi connectivity index (χ0) is 28.8. The van der Waals surface area contributed by atoms with Crippen molar-refractivity contribution in [3.05, 3.63) is 53.6 Å². The van der Waals surface area contributed by atoms with Crippen LogP contribution in [0, 0.1) is 31.6 Å². The minimum atomic E-state index is -0.796. The molecule has 0 aliphatic carbocycles. The monoisotopic (exact) mass is 565 g/mol. The Balaban J connectivity index is 1.49. The number of amides is 3. The van der Waals surface area contributed by atoms with Gasteiger partial charge in [-0.25, -0.2) is 0 Å². The van der Waals surface area contributed by atoms with Crippen LogP contribution in [0.25, 0.3) is 0 Å². The molecule has 2 aromatic rings. The van der Waals surface area contributed by atoms with Crippen molar-refractivity contribution in [1.82, 2.24) is 4.90 Å². The molecule has 1 spiro atoms. The lowest BCUT2D eigenvalue weighted by Gasteiger charge is -2.40. The second-order valence-corrected chi connectivity index (χ2v) is 12.8. The fourth-order valence-electron chi connectivity index (χ4n) is 6.96. The highest BCUT2D eigenvalue weighted by Gasteiger charge is 2.76. The Labute approximate surface area is 240 Å². The van der Waals surface area contributed by atoms with Crippen molar-refractivity contribution >= 4 is 40.9 Å². The Bertz CT molecular complexity index is 1300. The molecule has 214 valence electrons. The summed E-state index contributed by atoms with van der Waals surface area (Å²) in [5.74, 6) is -1.14. The molecule has 3 fully saturated rings. The van der Waals surface area contributed by atoms with Gasteiger partial charge in [-0.3, -0.25) is 14.4 Å². The molecule has 3 heterocycles. The number of hydrogen-bond donors (Lipinski definition) is 3. The van der Waals surface area contributed by atoms with Gasteiger partial charge in [0.05, 0.1) is 35.8 Å². The van der Waals surface area contributed by atoms with Crippen molar-refractivity contribution in [2.24, 2.45) is 17.8 Å². The summed E-state index contributed by atoms with van der Waals surface area (Å²) in [5, 5.41) is 16.3. The van der Waals surface area contributed by atoms with Gasteiger partial charge in [-0.15, -0.1) is 11.8 Å². The average molecular weight is 566 g/mol. The molecule has 3 N–H and O–H groups in total. The quantitative estimate of drug-likeness (QED) is 0.416. The van der Waals surface area contributed by atoms with Crippen LogP contribution in [0.5, 0.6) is 5.75 Å². The molecule has 0 saturated carbocycles. The Kier molecular flexibility index (Phi) is 7.90. The molecule has 3 saturated heterocycles. The minimum Gasteiger partial charge on any atom is -0.494 e. The van der Waals surface area contributed by atoms with Crippen molar-refractivity contribution in [2.75, 3.05) is 23.8 Å². The number of rotatable bonds is 9. The second-order valence-electron chi connectivity index (χ2n) is 11.3. The lowest BCUT2D eigenvalue weighted by Crippen LogP contribution is -2.57. The van der Waals surface area contributed by atoms with Crippen LogP contribution in [0.1, 0.15) is 44.7 Å². The number of aliphatic hydroxyl groups excluding tert-OH is 1. The maximum atomic E-state index is 14.3. The molecule has 7 atom stereocenters. The first-order chi connectivity index (χ1) is 19.2. The number of benzene rings is 2. The SMILES string of the molecule is CCOc1ccc(NC(=O)[C@@H]2[C@H]3C(=O)N([C@@H](CC)CO)C(C(=O)Nc4cc(C)ccc4C)C34S[C@@H]2CC4C)cc1. The third-order valence-electron chi connectivity index (χ3n) is 8.89. The number of aliphatic hydroxyl groups is 1. The Morgan fingerprint density at radius 2 is 1.85 bits per heavy atom. The lowest BCUT2D eigenvalue weighted by atomic mass is 9.66. The van der Waals surface area contributed by atoms with Gasteiger partial charge in [0.2, 0.25) is 17.7 Å². The zero-order valence-electron chi connectivity index (χ0n) is 23.8. The molecule has 2 aromatic carbocycles. The van der Waals surface area contributed by atoms with E-state index in [9.17, 15) is 19.5 Å². The van der Waals surface area contributed by atoms with Crippen molar-refractivity contribution < 1.29 is 24.2 Å². The summed E-state index contributed by atoms with van der Waals surface area (Å²) >= 11 is 1.63. The normalized spacial score (nSPS) is 29.3. The molecule has 0 aromatic heterocycles. The molecule has 3 amide bonds. The van der Waals surface area contributed by atoms with Crippen LogP contribution >= 0.6 is 11.8 Å². The number of carbonyl (C=O) groups is 3. The number of likely N-dealkylation sites (tertiary alicyclic amines) is 1. The van der Waals surface area contributed by atoms with E-state index in [1.807, 2.05) is 45.9 Å². The highest BCUT2D eigenvalue weighted by atomic mass is 32.2. The van der Waals surface area contributed by atoms with Gasteiger partial charge in [-0.1, -0.05) is 26.0 Å². The third-order valence-corrected chi connectivity index (χ3v) is 11.0. The van der Waals surface area contributed by atoms with E-state index >= 15 is 0 Å². The summed E-state index contributed by atoms with van der Waals surface area (Å²) in [6.07, 6.45) is 1.25. The predicted molar refractivity (Wildman–Crippen MR) is 157 cm³/mol. The van der Waals surface area contributed by atoms with E-state index in [0.717, 1.165) is 23.3 Å². The summed E-state index contributed by atoms with van der Waals surface area (Å²) in [5.41, 5.74) is 3.30. The highest BCUT2D eigenvalue weighted by molar-refractivity contribution is 8.02. The maximum Gasteiger partial charge on any atom is 0.248 e. The topological polar surface area (TPSA) is 108 Å². The number of nitrogens with one attached hydrogen (secondary N) is 2. The Morgan fingerprint density at radius 3 is 2.50 bits per heavy atom. The van der Waals surface area contributed by atoms with Crippen molar-refractivity contribution in [1.29, 1.82) is 0 Å². The van der Waals surface area contributed by atoms with Gasteiger partial charge >= 0.3 is 0 Å². The largest absolute Gasteiger partial charge is 0.494 e. The number of nitrogens with zero attached hydrogens (tertiary/aromatic N) is 1. The standard InChI is InChI=1S/C31H39N3O5S/c1-6-21(16-35)34-27(29(37)33-23-14-17(3)8-9-18(23)4)31-19(5)15-24(40-31)25(26(31)30(34)38)28(36)32-20-10-12-22(13-11-20)39-7-2/h8-14,19,21,24-27,35H,6-7,15-16H2,1-5H3,(H,32,36)(H,33,37)/t19?,21-,24+,25-,26-,27?,31?/m0/s1. The molecular formula is C31H39N3O5S. The molecule has 2 bridgehead atoms. The van der Waals surface area contributed by atoms with Crippen LogP contribution in [0.4, 0.5) is 11.4 Å². The Morgan fingerprint density at radius 1 is 1.12 bits per heavy atom. The number of thioether (sulfide) groups is 1. The van der Waals surface area contributed by atoms with Crippen LogP contribution in [0.2, 0.25) is 0 Å². The molecule has 3 unspecified atom stereocenters. The maximum absolute atomic E-state index is 14.3. The molecule has 9 heteroatoms. The molecule has 5 rings (SSSR count). The molecular weight excluding hydrogens is 526 g/mol. The van der Waals surface area contributed by atoms with E-state index in [1.165, 1.54) is 0 Å². The van der Waals surface area contributed by atoms with Crippen LogP contribution in [0.15, 0.2) is 42.5 Å². The first kappa shape index (κ1) is 28.5. The molecule has 40 heavy (non-hydrogen) atoms. The van der Waals surface area contributed by atoms with Crippen LogP contribution < -0.4 is 15.4 Å². The van der Waals surface area contributed by atoms with Gasteiger partial charge in [-0.05, 0) is 81.0 Å². The summed E-state index contributed by atoms with van der Waals surface area (Å²) < 4.78 is 4.75. The van der Waals surface area contributed by atoms with Crippen molar-refractivity contribution in [3.8, 4) is 5.75 Å². The van der Waals surface area contributed by atoms with Gasteiger partial charge in [-0.2, -0.15) is 0 Å². The Hall–Kier alpha value is -3.04. The van der Waals surface area contributed by atoms with E-state index in [-0.39, 0.29) is 35.5 Å². The van der Waals surface area contributed by atoms with Gasteiger partial charge in [0, 0.05) is 16.6 Å². The van der Waals surface area contributed by atoms with Gasteiger partial charge in [0.25, 0.3) is 0 Å². The van der Waals surface area contributed by atoms with Crippen molar-refractivity contribution in [3.63, 3.8) is 0 Å².